The lowest BCUT2D eigenvalue weighted by Crippen LogP contribution is -2.35. The van der Waals surface area contributed by atoms with E-state index in [9.17, 15) is 0 Å². The van der Waals surface area contributed by atoms with Crippen LogP contribution >= 0.6 is 0 Å². The zero-order valence-electron chi connectivity index (χ0n) is 14.7. The van der Waals surface area contributed by atoms with Gasteiger partial charge in [0.1, 0.15) is 12.4 Å². The predicted molar refractivity (Wildman–Crippen MR) is 95.4 cm³/mol. The van der Waals surface area contributed by atoms with Crippen LogP contribution in [0.2, 0.25) is 0 Å². The van der Waals surface area contributed by atoms with Crippen LogP contribution in [-0.2, 0) is 17.9 Å². The first-order chi connectivity index (χ1) is 12.2. The molecule has 3 rings (SSSR count). The molecule has 0 aromatic carbocycles. The first-order valence-electron chi connectivity index (χ1n) is 8.62. The van der Waals surface area contributed by atoms with Crippen molar-refractivity contribution in [1.29, 1.82) is 0 Å². The third kappa shape index (κ3) is 4.43. The van der Waals surface area contributed by atoms with Crippen molar-refractivity contribution in [2.24, 2.45) is 5.73 Å². The quantitative estimate of drug-likeness (QED) is 0.759. The molecule has 0 saturated heterocycles. The van der Waals surface area contributed by atoms with Crippen molar-refractivity contribution in [3.63, 3.8) is 0 Å². The molecule has 134 valence electrons. The molecule has 0 atom stereocenters. The van der Waals surface area contributed by atoms with Crippen LogP contribution in [0, 0.1) is 0 Å². The van der Waals surface area contributed by atoms with Crippen molar-refractivity contribution in [3.8, 4) is 5.88 Å². The molecule has 7 nitrogen and oxygen atoms in total. The van der Waals surface area contributed by atoms with Gasteiger partial charge in [-0.25, -0.2) is 15.0 Å². The standard InChI is InChI=1S/C18H25N5O2/c1-3-25-18-12(5-4-6-20-18)10-21-16-9-15(13-7-14(19)8-13)22-17(23-16)11-24-2/h4-6,9,13-14H,3,7-8,10-11,19H2,1-2H3,(H,21,22,23). The maximum atomic E-state index is 5.92. The summed E-state index contributed by atoms with van der Waals surface area (Å²) < 4.78 is 10.8. The van der Waals surface area contributed by atoms with Crippen LogP contribution in [0.25, 0.3) is 0 Å². The summed E-state index contributed by atoms with van der Waals surface area (Å²) in [5, 5.41) is 3.36. The van der Waals surface area contributed by atoms with Crippen molar-refractivity contribution in [3.05, 3.63) is 41.5 Å². The molecule has 7 heteroatoms. The van der Waals surface area contributed by atoms with E-state index in [4.69, 9.17) is 15.2 Å². The van der Waals surface area contributed by atoms with Gasteiger partial charge in [0.2, 0.25) is 5.88 Å². The van der Waals surface area contributed by atoms with E-state index in [-0.39, 0.29) is 6.04 Å². The summed E-state index contributed by atoms with van der Waals surface area (Å²) >= 11 is 0. The highest BCUT2D eigenvalue weighted by molar-refractivity contribution is 5.40. The van der Waals surface area contributed by atoms with Crippen LogP contribution in [0.5, 0.6) is 5.88 Å². The fraction of sp³-hybridized carbons (Fsp3) is 0.500. The van der Waals surface area contributed by atoms with Crippen LogP contribution in [0.15, 0.2) is 24.4 Å². The highest BCUT2D eigenvalue weighted by Crippen LogP contribution is 2.35. The molecule has 1 aliphatic rings. The third-order valence-electron chi connectivity index (χ3n) is 4.25. The Bertz CT molecular complexity index is 704. The fourth-order valence-corrected chi connectivity index (χ4v) is 2.93. The Kier molecular flexibility index (Phi) is 5.78. The van der Waals surface area contributed by atoms with Crippen molar-refractivity contribution in [2.45, 2.75) is 44.9 Å². The normalized spacial score (nSPS) is 19.3. The summed E-state index contributed by atoms with van der Waals surface area (Å²) in [7, 11) is 1.65. The molecule has 2 aromatic rings. The van der Waals surface area contributed by atoms with Crippen molar-refractivity contribution in [2.75, 3.05) is 19.0 Å². The van der Waals surface area contributed by atoms with Crippen molar-refractivity contribution < 1.29 is 9.47 Å². The number of nitrogens with two attached hydrogens (primary N) is 1. The molecular weight excluding hydrogens is 318 g/mol. The molecule has 0 spiro atoms. The fourth-order valence-electron chi connectivity index (χ4n) is 2.93. The molecule has 2 aromatic heterocycles. The van der Waals surface area contributed by atoms with Crippen LogP contribution in [0.3, 0.4) is 0 Å². The van der Waals surface area contributed by atoms with Gasteiger partial charge in [0.05, 0.1) is 6.61 Å². The minimum Gasteiger partial charge on any atom is -0.478 e. The first-order valence-corrected chi connectivity index (χ1v) is 8.62. The Morgan fingerprint density at radius 3 is 2.88 bits per heavy atom. The molecular formula is C18H25N5O2. The van der Waals surface area contributed by atoms with E-state index in [1.165, 1.54) is 0 Å². The van der Waals surface area contributed by atoms with E-state index in [1.54, 1.807) is 13.3 Å². The van der Waals surface area contributed by atoms with Crippen LogP contribution in [-0.4, -0.2) is 34.7 Å². The lowest BCUT2D eigenvalue weighted by atomic mass is 9.78. The lowest BCUT2D eigenvalue weighted by molar-refractivity contribution is 0.177. The molecule has 1 fully saturated rings. The van der Waals surface area contributed by atoms with Gasteiger partial charge in [-0.05, 0) is 25.8 Å². The zero-order valence-corrected chi connectivity index (χ0v) is 14.7. The molecule has 0 unspecified atom stereocenters. The van der Waals surface area contributed by atoms with Crippen molar-refractivity contribution in [1.82, 2.24) is 15.0 Å². The minimum absolute atomic E-state index is 0.284. The van der Waals surface area contributed by atoms with Gasteiger partial charge in [-0.2, -0.15) is 0 Å². The molecule has 0 bridgehead atoms. The van der Waals surface area contributed by atoms with Crippen molar-refractivity contribution >= 4 is 5.82 Å². The Balaban J connectivity index is 1.75. The topological polar surface area (TPSA) is 95.2 Å². The monoisotopic (exact) mass is 343 g/mol. The largest absolute Gasteiger partial charge is 0.478 e. The number of pyridine rings is 1. The molecule has 2 heterocycles. The number of hydrogen-bond donors (Lipinski definition) is 2. The summed E-state index contributed by atoms with van der Waals surface area (Å²) in [4.78, 5) is 13.4. The summed E-state index contributed by atoms with van der Waals surface area (Å²) in [6.45, 7) is 3.50. The lowest BCUT2D eigenvalue weighted by Gasteiger charge is -2.32. The van der Waals surface area contributed by atoms with Gasteiger partial charge in [0.15, 0.2) is 5.82 Å². The number of ether oxygens (including phenoxy) is 2. The zero-order chi connectivity index (χ0) is 17.6. The average molecular weight is 343 g/mol. The van der Waals surface area contributed by atoms with Crippen LogP contribution in [0.1, 0.15) is 42.8 Å². The molecule has 25 heavy (non-hydrogen) atoms. The summed E-state index contributed by atoms with van der Waals surface area (Å²) in [6.07, 6.45) is 3.67. The number of anilines is 1. The number of nitrogens with one attached hydrogen (secondary N) is 1. The smallest absolute Gasteiger partial charge is 0.218 e. The molecule has 3 N–H and O–H groups in total. The van der Waals surface area contributed by atoms with E-state index >= 15 is 0 Å². The van der Waals surface area contributed by atoms with E-state index in [0.717, 1.165) is 29.9 Å². The second-order valence-corrected chi connectivity index (χ2v) is 6.21. The maximum Gasteiger partial charge on any atom is 0.218 e. The van der Waals surface area contributed by atoms with E-state index in [0.29, 0.717) is 37.4 Å². The third-order valence-corrected chi connectivity index (χ3v) is 4.25. The Hall–Kier alpha value is -2.25. The summed E-state index contributed by atoms with van der Waals surface area (Å²) in [5.41, 5.74) is 7.94. The summed E-state index contributed by atoms with van der Waals surface area (Å²) in [5.74, 6) is 2.52. The second-order valence-electron chi connectivity index (χ2n) is 6.21. The van der Waals surface area contributed by atoms with Gasteiger partial charge in [0.25, 0.3) is 0 Å². The number of aromatic nitrogens is 3. The molecule has 1 aliphatic carbocycles. The Morgan fingerprint density at radius 2 is 2.16 bits per heavy atom. The second kappa shape index (κ2) is 8.22. The van der Waals surface area contributed by atoms with Gasteiger partial charge >= 0.3 is 0 Å². The van der Waals surface area contributed by atoms with E-state index in [1.807, 2.05) is 25.1 Å². The SMILES string of the molecule is CCOc1ncccc1CNc1cc(C2CC(N)C2)nc(COC)n1. The molecule has 0 amide bonds. The van der Waals surface area contributed by atoms with Crippen LogP contribution < -0.4 is 15.8 Å². The van der Waals surface area contributed by atoms with Gasteiger partial charge in [-0.1, -0.05) is 6.07 Å². The summed E-state index contributed by atoms with van der Waals surface area (Å²) in [6, 6.07) is 6.18. The number of methoxy groups -OCH3 is 1. The molecule has 1 saturated carbocycles. The Labute approximate surface area is 148 Å². The minimum atomic E-state index is 0.284. The van der Waals surface area contributed by atoms with Gasteiger partial charge in [-0.3, -0.25) is 0 Å². The first kappa shape index (κ1) is 17.6. The number of rotatable bonds is 8. The van der Waals surface area contributed by atoms with Gasteiger partial charge < -0.3 is 20.5 Å². The van der Waals surface area contributed by atoms with Crippen LogP contribution in [0.4, 0.5) is 5.82 Å². The molecule has 0 aliphatic heterocycles. The average Bonchev–Trinajstić information content (AvgIpc) is 2.59. The predicted octanol–water partition coefficient (Wildman–Crippen LogP) is 2.23. The number of hydrogen-bond acceptors (Lipinski definition) is 7. The number of nitrogens with zero attached hydrogens (tertiary/aromatic N) is 3. The Morgan fingerprint density at radius 1 is 1.32 bits per heavy atom. The highest BCUT2D eigenvalue weighted by atomic mass is 16.5. The molecule has 0 radical (unpaired) electrons. The van der Waals surface area contributed by atoms with E-state index < -0.39 is 0 Å². The van der Waals surface area contributed by atoms with Gasteiger partial charge in [0, 0.05) is 49.1 Å². The maximum absolute atomic E-state index is 5.92. The van der Waals surface area contributed by atoms with E-state index in [2.05, 4.69) is 20.3 Å². The van der Waals surface area contributed by atoms with Gasteiger partial charge in [-0.15, -0.1) is 0 Å². The highest BCUT2D eigenvalue weighted by Gasteiger charge is 2.29.